The lowest BCUT2D eigenvalue weighted by molar-refractivity contribution is 0.0957. The van der Waals surface area contributed by atoms with E-state index in [1.165, 1.54) is 34.4 Å². The highest BCUT2D eigenvalue weighted by Crippen LogP contribution is 2.26. The highest BCUT2D eigenvalue weighted by atomic mass is 32.1. The lowest BCUT2D eigenvalue weighted by atomic mass is 10.2. The fraction of sp³-hybridized carbons (Fsp3) is 0.222. The summed E-state index contributed by atoms with van der Waals surface area (Å²) in [5.74, 6) is 0.0881. The van der Waals surface area contributed by atoms with E-state index in [9.17, 15) is 14.0 Å². The predicted molar refractivity (Wildman–Crippen MR) is 102 cm³/mol. The van der Waals surface area contributed by atoms with E-state index in [0.29, 0.717) is 50.5 Å². The molecule has 0 aliphatic heterocycles. The minimum absolute atomic E-state index is 0.165. The summed E-state index contributed by atoms with van der Waals surface area (Å²) in [4.78, 5) is 37.4. The molecule has 0 atom stereocenters. The highest BCUT2D eigenvalue weighted by molar-refractivity contribution is 7.20. The average molecular weight is 385 g/mol. The average Bonchev–Trinajstić information content (AvgIpc) is 3.18. The topological polar surface area (TPSA) is 92.7 Å². The second-order valence-corrected chi connectivity index (χ2v) is 7.25. The second kappa shape index (κ2) is 6.58. The molecule has 0 saturated carbocycles. The summed E-state index contributed by atoms with van der Waals surface area (Å²) in [6.45, 7) is 2.12. The van der Waals surface area contributed by atoms with Crippen LogP contribution in [0.5, 0.6) is 0 Å². The Kier molecular flexibility index (Phi) is 4.23. The van der Waals surface area contributed by atoms with Gasteiger partial charge in [0.15, 0.2) is 0 Å². The van der Waals surface area contributed by atoms with E-state index < -0.39 is 0 Å². The van der Waals surface area contributed by atoms with E-state index >= 15 is 0 Å². The van der Waals surface area contributed by atoms with Gasteiger partial charge in [0.25, 0.3) is 11.5 Å². The molecule has 1 aromatic carbocycles. The molecule has 4 rings (SSSR count). The quantitative estimate of drug-likeness (QED) is 0.564. The summed E-state index contributed by atoms with van der Waals surface area (Å²) >= 11 is 1.20. The van der Waals surface area contributed by atoms with E-state index in [2.05, 4.69) is 20.3 Å². The smallest absolute Gasteiger partial charge is 0.262 e. The number of nitrogens with one attached hydrogen (secondary N) is 2. The van der Waals surface area contributed by atoms with E-state index in [1.807, 2.05) is 0 Å². The first-order valence-electron chi connectivity index (χ1n) is 8.31. The van der Waals surface area contributed by atoms with Crippen molar-refractivity contribution < 1.29 is 9.18 Å². The lowest BCUT2D eigenvalue weighted by Crippen LogP contribution is -2.26. The number of nitrogens with zero attached hydrogens (tertiary/aromatic N) is 3. The number of hydrogen-bond acceptors (Lipinski definition) is 5. The Morgan fingerprint density at radius 1 is 1.41 bits per heavy atom. The lowest BCUT2D eigenvalue weighted by Gasteiger charge is -2.03. The number of hydrogen-bond donors (Lipinski definition) is 2. The number of imidazole rings is 1. The summed E-state index contributed by atoms with van der Waals surface area (Å²) in [6, 6.07) is 4.35. The molecule has 0 aliphatic rings. The van der Waals surface area contributed by atoms with Crippen molar-refractivity contribution in [3.8, 4) is 0 Å². The first-order chi connectivity index (χ1) is 12.9. The van der Waals surface area contributed by atoms with Crippen LogP contribution in [0.2, 0.25) is 0 Å². The largest absolute Gasteiger partial charge is 0.351 e. The summed E-state index contributed by atoms with van der Waals surface area (Å²) < 4.78 is 14.6. The summed E-state index contributed by atoms with van der Waals surface area (Å²) in [5.41, 5.74) is 1.78. The Morgan fingerprint density at radius 2 is 2.22 bits per heavy atom. The van der Waals surface area contributed by atoms with Crippen LogP contribution in [-0.4, -0.2) is 32.0 Å². The third-order valence-electron chi connectivity index (χ3n) is 4.36. The van der Waals surface area contributed by atoms with Crippen LogP contribution in [0.4, 0.5) is 4.39 Å². The standard InChI is InChI=1S/C18H16FN5O2S/c1-9-14-17(21-8-24(2)18(14)26)27-15(9)16(25)20-6-5-13-22-11-4-3-10(19)7-12(11)23-13/h3-4,7-8H,5-6H2,1-2H3,(H,20,25)(H,22,23). The molecule has 0 radical (unpaired) electrons. The second-order valence-electron chi connectivity index (χ2n) is 6.25. The molecule has 0 spiro atoms. The summed E-state index contributed by atoms with van der Waals surface area (Å²) in [5, 5.41) is 3.32. The maximum Gasteiger partial charge on any atom is 0.262 e. The number of amides is 1. The fourth-order valence-electron chi connectivity index (χ4n) is 2.95. The van der Waals surface area contributed by atoms with Gasteiger partial charge in [0.2, 0.25) is 0 Å². The van der Waals surface area contributed by atoms with Crippen LogP contribution in [0, 0.1) is 12.7 Å². The third-order valence-corrected chi connectivity index (χ3v) is 5.56. The SMILES string of the molecule is Cc1c(C(=O)NCCc2nc3ccc(F)cc3[nH]2)sc2ncn(C)c(=O)c12. The van der Waals surface area contributed by atoms with Gasteiger partial charge in [-0.1, -0.05) is 0 Å². The summed E-state index contributed by atoms with van der Waals surface area (Å²) in [7, 11) is 1.63. The van der Waals surface area contributed by atoms with Crippen molar-refractivity contribution in [1.82, 2.24) is 24.8 Å². The van der Waals surface area contributed by atoms with E-state index in [-0.39, 0.29) is 17.3 Å². The van der Waals surface area contributed by atoms with Gasteiger partial charge >= 0.3 is 0 Å². The van der Waals surface area contributed by atoms with Gasteiger partial charge in [0.1, 0.15) is 16.5 Å². The summed E-state index contributed by atoms with van der Waals surface area (Å²) in [6.07, 6.45) is 1.93. The van der Waals surface area contributed by atoms with Crippen molar-refractivity contribution in [3.05, 3.63) is 57.0 Å². The van der Waals surface area contributed by atoms with Gasteiger partial charge in [-0.15, -0.1) is 11.3 Å². The monoisotopic (exact) mass is 385 g/mol. The first-order valence-corrected chi connectivity index (χ1v) is 9.13. The molecule has 138 valence electrons. The number of aromatic amines is 1. The number of aromatic nitrogens is 4. The molecule has 2 N–H and O–H groups in total. The Morgan fingerprint density at radius 3 is 3.04 bits per heavy atom. The molecule has 4 aromatic rings. The van der Waals surface area contributed by atoms with Crippen molar-refractivity contribution in [2.24, 2.45) is 7.05 Å². The zero-order valence-electron chi connectivity index (χ0n) is 14.7. The molecule has 0 fully saturated rings. The Bertz CT molecular complexity index is 1240. The van der Waals surface area contributed by atoms with Gasteiger partial charge in [0, 0.05) is 20.0 Å². The fourth-order valence-corrected chi connectivity index (χ4v) is 4.01. The molecular weight excluding hydrogens is 369 g/mol. The van der Waals surface area contributed by atoms with Gasteiger partial charge in [0.05, 0.1) is 27.6 Å². The number of H-pyrrole nitrogens is 1. The van der Waals surface area contributed by atoms with Crippen molar-refractivity contribution >= 4 is 38.5 Å². The zero-order chi connectivity index (χ0) is 19.1. The Balaban J connectivity index is 1.49. The Hall–Kier alpha value is -3.07. The van der Waals surface area contributed by atoms with Crippen LogP contribution >= 0.6 is 11.3 Å². The van der Waals surface area contributed by atoms with Gasteiger partial charge in [-0.25, -0.2) is 14.4 Å². The molecule has 0 unspecified atom stereocenters. The van der Waals surface area contributed by atoms with E-state index in [0.717, 1.165) is 0 Å². The molecular formula is C18H16FN5O2S. The number of thiophene rings is 1. The number of fused-ring (bicyclic) bond motifs is 2. The van der Waals surface area contributed by atoms with Crippen LogP contribution in [0.1, 0.15) is 21.1 Å². The van der Waals surface area contributed by atoms with Gasteiger partial charge in [-0.3, -0.25) is 9.59 Å². The van der Waals surface area contributed by atoms with Crippen molar-refractivity contribution in [3.63, 3.8) is 0 Å². The predicted octanol–water partition coefficient (Wildman–Crippen LogP) is 2.29. The van der Waals surface area contributed by atoms with E-state index in [4.69, 9.17) is 0 Å². The normalized spacial score (nSPS) is 11.4. The Labute approximate surface area is 156 Å². The molecule has 0 aliphatic carbocycles. The van der Waals surface area contributed by atoms with Crippen molar-refractivity contribution in [2.75, 3.05) is 6.54 Å². The van der Waals surface area contributed by atoms with Gasteiger partial charge in [-0.05, 0) is 30.7 Å². The molecule has 7 nitrogen and oxygen atoms in total. The molecule has 1 amide bonds. The van der Waals surface area contributed by atoms with Crippen LogP contribution in [0.15, 0.2) is 29.3 Å². The van der Waals surface area contributed by atoms with Crippen LogP contribution < -0.4 is 10.9 Å². The maximum atomic E-state index is 13.2. The van der Waals surface area contributed by atoms with Crippen molar-refractivity contribution in [1.29, 1.82) is 0 Å². The molecule has 3 heterocycles. The highest BCUT2D eigenvalue weighted by Gasteiger charge is 2.18. The molecule has 3 aromatic heterocycles. The van der Waals surface area contributed by atoms with Gasteiger partial charge < -0.3 is 14.9 Å². The number of carbonyl (C=O) groups is 1. The minimum Gasteiger partial charge on any atom is -0.351 e. The number of halogens is 1. The molecule has 0 bridgehead atoms. The van der Waals surface area contributed by atoms with Gasteiger partial charge in [-0.2, -0.15) is 0 Å². The minimum atomic E-state index is -0.328. The molecule has 27 heavy (non-hydrogen) atoms. The number of aryl methyl sites for hydroxylation is 2. The maximum absolute atomic E-state index is 13.2. The van der Waals surface area contributed by atoms with Crippen molar-refractivity contribution in [2.45, 2.75) is 13.3 Å². The molecule has 0 saturated heterocycles. The number of benzene rings is 1. The third kappa shape index (κ3) is 3.10. The van der Waals surface area contributed by atoms with Crippen LogP contribution in [-0.2, 0) is 13.5 Å². The number of rotatable bonds is 4. The van der Waals surface area contributed by atoms with Crippen LogP contribution in [0.25, 0.3) is 21.3 Å². The van der Waals surface area contributed by atoms with Crippen LogP contribution in [0.3, 0.4) is 0 Å². The first kappa shape index (κ1) is 17.3. The molecule has 9 heteroatoms. The number of carbonyl (C=O) groups excluding carboxylic acids is 1. The van der Waals surface area contributed by atoms with E-state index in [1.54, 1.807) is 20.0 Å². The zero-order valence-corrected chi connectivity index (χ0v) is 15.5.